The van der Waals surface area contributed by atoms with Crippen LogP contribution in [0.25, 0.3) is 10.9 Å². The molecule has 1 aromatic carbocycles. The maximum atomic E-state index is 12.0. The van der Waals surface area contributed by atoms with Gasteiger partial charge in [-0.3, -0.25) is 20.4 Å². The van der Waals surface area contributed by atoms with Gasteiger partial charge in [0, 0.05) is 30.1 Å². The number of hydrogen-bond acceptors (Lipinski definition) is 5. The molecule has 142 valence electrons. The van der Waals surface area contributed by atoms with Gasteiger partial charge in [-0.15, -0.1) is 11.3 Å². The number of nitrogens with one attached hydrogen (secondary N) is 4. The first kappa shape index (κ1) is 19.1. The van der Waals surface area contributed by atoms with Crippen LogP contribution in [0.4, 0.5) is 0 Å². The summed E-state index contributed by atoms with van der Waals surface area (Å²) in [4.78, 5) is 26.8. The lowest BCUT2D eigenvalue weighted by Crippen LogP contribution is -2.43. The number of carbonyl (C=O) groups is 2. The van der Waals surface area contributed by atoms with Crippen LogP contribution < -0.4 is 15.6 Å². The van der Waals surface area contributed by atoms with Gasteiger partial charge in [0.25, 0.3) is 0 Å². The Morgan fingerprint density at radius 2 is 1.81 bits per heavy atom. The number of hydrogen-bond donors (Lipinski definition) is 4. The first-order chi connectivity index (χ1) is 13.0. The van der Waals surface area contributed by atoms with Crippen LogP contribution in [0, 0.1) is 0 Å². The van der Waals surface area contributed by atoms with Crippen molar-refractivity contribution in [3.8, 4) is 0 Å². The highest BCUT2D eigenvalue weighted by molar-refractivity contribution is 7.91. The van der Waals surface area contributed by atoms with Gasteiger partial charge in [-0.25, -0.2) is 13.1 Å². The zero-order chi connectivity index (χ0) is 19.3. The van der Waals surface area contributed by atoms with Crippen molar-refractivity contribution in [3.63, 3.8) is 0 Å². The molecule has 4 N–H and O–H groups in total. The third kappa shape index (κ3) is 4.94. The van der Waals surface area contributed by atoms with Crippen molar-refractivity contribution < 1.29 is 18.0 Å². The number of amides is 2. The molecule has 0 atom stereocenters. The SMILES string of the molecule is O=C(CCNS(=O)(=O)c1cccs1)NNC(=O)Cc1c[nH]c2ccccc12. The fourth-order valence-electron chi connectivity index (χ4n) is 2.48. The van der Waals surface area contributed by atoms with E-state index in [0.29, 0.717) is 0 Å². The van der Waals surface area contributed by atoms with Crippen molar-refractivity contribution in [2.24, 2.45) is 0 Å². The molecule has 0 saturated heterocycles. The number of hydrazine groups is 1. The normalized spacial score (nSPS) is 11.4. The second-order valence-electron chi connectivity index (χ2n) is 5.71. The maximum Gasteiger partial charge on any atom is 0.250 e. The number of thiophene rings is 1. The quantitative estimate of drug-likeness (QED) is 0.442. The monoisotopic (exact) mass is 406 g/mol. The number of fused-ring (bicyclic) bond motifs is 1. The number of carbonyl (C=O) groups excluding carboxylic acids is 2. The first-order valence-electron chi connectivity index (χ1n) is 8.11. The number of benzene rings is 1. The van der Waals surface area contributed by atoms with Gasteiger partial charge in [-0.1, -0.05) is 24.3 Å². The molecule has 0 aliphatic carbocycles. The van der Waals surface area contributed by atoms with E-state index >= 15 is 0 Å². The smallest absolute Gasteiger partial charge is 0.250 e. The average Bonchev–Trinajstić information content (AvgIpc) is 3.31. The minimum Gasteiger partial charge on any atom is -0.361 e. The van der Waals surface area contributed by atoms with Gasteiger partial charge in [0.05, 0.1) is 6.42 Å². The van der Waals surface area contributed by atoms with Gasteiger partial charge < -0.3 is 4.98 Å². The molecule has 2 heterocycles. The molecule has 8 nitrogen and oxygen atoms in total. The van der Waals surface area contributed by atoms with Gasteiger partial charge in [0.2, 0.25) is 21.8 Å². The predicted molar refractivity (Wildman–Crippen MR) is 102 cm³/mol. The minimum absolute atomic E-state index is 0.0651. The number of aromatic amines is 1. The average molecular weight is 406 g/mol. The molecular weight excluding hydrogens is 388 g/mol. The van der Waals surface area contributed by atoms with E-state index in [4.69, 9.17) is 0 Å². The summed E-state index contributed by atoms with van der Waals surface area (Å²) in [6.45, 7) is -0.0651. The van der Waals surface area contributed by atoms with Crippen LogP contribution in [0.5, 0.6) is 0 Å². The van der Waals surface area contributed by atoms with Crippen molar-refractivity contribution in [1.82, 2.24) is 20.6 Å². The lowest BCUT2D eigenvalue weighted by molar-refractivity contribution is -0.128. The molecule has 0 saturated carbocycles. The van der Waals surface area contributed by atoms with Crippen molar-refractivity contribution in [2.45, 2.75) is 17.1 Å². The van der Waals surface area contributed by atoms with Crippen LogP contribution in [-0.4, -0.2) is 31.8 Å². The number of H-pyrrole nitrogens is 1. The third-order valence-electron chi connectivity index (χ3n) is 3.77. The Kier molecular flexibility index (Phi) is 5.89. The van der Waals surface area contributed by atoms with Crippen LogP contribution in [0.3, 0.4) is 0 Å². The Morgan fingerprint density at radius 3 is 2.59 bits per heavy atom. The number of rotatable bonds is 7. The van der Waals surface area contributed by atoms with E-state index in [2.05, 4.69) is 20.6 Å². The molecule has 0 bridgehead atoms. The van der Waals surface area contributed by atoms with Crippen LogP contribution in [-0.2, 0) is 26.0 Å². The Balaban J connectivity index is 1.42. The van der Waals surface area contributed by atoms with E-state index in [1.807, 2.05) is 24.3 Å². The maximum absolute atomic E-state index is 12.0. The van der Waals surface area contributed by atoms with E-state index in [-0.39, 0.29) is 29.5 Å². The molecule has 0 spiro atoms. The van der Waals surface area contributed by atoms with Crippen molar-refractivity contribution in [3.05, 3.63) is 53.5 Å². The highest BCUT2D eigenvalue weighted by atomic mass is 32.2. The first-order valence-corrected chi connectivity index (χ1v) is 10.5. The van der Waals surface area contributed by atoms with Crippen molar-refractivity contribution >= 4 is 44.1 Å². The number of para-hydroxylation sites is 1. The molecule has 3 aromatic rings. The molecule has 0 unspecified atom stereocenters. The zero-order valence-corrected chi connectivity index (χ0v) is 15.8. The van der Waals surface area contributed by atoms with Gasteiger partial charge in [0.15, 0.2) is 0 Å². The third-order valence-corrected chi connectivity index (χ3v) is 6.63. The Bertz CT molecular complexity index is 1040. The Morgan fingerprint density at radius 1 is 1.04 bits per heavy atom. The van der Waals surface area contributed by atoms with Crippen molar-refractivity contribution in [2.75, 3.05) is 6.54 Å². The number of sulfonamides is 1. The van der Waals surface area contributed by atoms with Crippen LogP contribution in [0.15, 0.2) is 52.2 Å². The fourth-order valence-corrected chi connectivity index (χ4v) is 4.55. The van der Waals surface area contributed by atoms with Crippen LogP contribution in [0.2, 0.25) is 0 Å². The van der Waals surface area contributed by atoms with Crippen LogP contribution >= 0.6 is 11.3 Å². The van der Waals surface area contributed by atoms with E-state index in [9.17, 15) is 18.0 Å². The fraction of sp³-hybridized carbons (Fsp3) is 0.176. The van der Waals surface area contributed by atoms with E-state index < -0.39 is 15.9 Å². The second kappa shape index (κ2) is 8.33. The lowest BCUT2D eigenvalue weighted by Gasteiger charge is -2.08. The van der Waals surface area contributed by atoms with Gasteiger partial charge >= 0.3 is 0 Å². The van der Waals surface area contributed by atoms with Gasteiger partial charge in [-0.2, -0.15) is 0 Å². The summed E-state index contributed by atoms with van der Waals surface area (Å²) < 4.78 is 26.4. The number of aromatic nitrogens is 1. The highest BCUT2D eigenvalue weighted by Gasteiger charge is 2.15. The molecule has 3 rings (SSSR count). The van der Waals surface area contributed by atoms with Gasteiger partial charge in [0.1, 0.15) is 4.21 Å². The summed E-state index contributed by atoms with van der Waals surface area (Å²) in [6.07, 6.45) is 1.76. The van der Waals surface area contributed by atoms with Gasteiger partial charge in [-0.05, 0) is 23.1 Å². The summed E-state index contributed by atoms with van der Waals surface area (Å²) in [5.74, 6) is -0.858. The second-order valence-corrected chi connectivity index (χ2v) is 8.65. The minimum atomic E-state index is -3.60. The molecule has 0 radical (unpaired) electrons. The summed E-state index contributed by atoms with van der Waals surface area (Å²) in [5.41, 5.74) is 6.37. The Hall–Kier alpha value is -2.69. The molecule has 0 aliphatic rings. The highest BCUT2D eigenvalue weighted by Crippen LogP contribution is 2.18. The largest absolute Gasteiger partial charge is 0.361 e. The summed E-state index contributed by atoms with van der Waals surface area (Å²) in [5, 5.41) is 2.60. The standard InChI is InChI=1S/C17H18N4O4S2/c22-15(7-8-19-27(24,25)17-6-3-9-26-17)20-21-16(23)10-12-11-18-14-5-2-1-4-13(12)14/h1-6,9,11,18-19H,7-8,10H2,(H,20,22)(H,21,23). The molecule has 2 amide bonds. The van der Waals surface area contributed by atoms with E-state index in [1.165, 1.54) is 6.07 Å². The van der Waals surface area contributed by atoms with E-state index in [1.54, 1.807) is 17.6 Å². The topological polar surface area (TPSA) is 120 Å². The summed E-state index contributed by atoms with van der Waals surface area (Å²) in [6, 6.07) is 10.7. The van der Waals surface area contributed by atoms with Crippen molar-refractivity contribution in [1.29, 1.82) is 0 Å². The predicted octanol–water partition coefficient (Wildman–Crippen LogP) is 1.29. The van der Waals surface area contributed by atoms with Crippen LogP contribution in [0.1, 0.15) is 12.0 Å². The molecule has 27 heavy (non-hydrogen) atoms. The van der Waals surface area contributed by atoms with E-state index in [0.717, 1.165) is 27.8 Å². The lowest BCUT2D eigenvalue weighted by atomic mass is 10.1. The molecule has 2 aromatic heterocycles. The zero-order valence-electron chi connectivity index (χ0n) is 14.2. The Labute approximate surface area is 160 Å². The summed E-state index contributed by atoms with van der Waals surface area (Å²) >= 11 is 1.09. The molecule has 0 fully saturated rings. The summed E-state index contributed by atoms with van der Waals surface area (Å²) in [7, 11) is -3.60. The molecule has 0 aliphatic heterocycles. The molecule has 10 heteroatoms. The molecular formula is C17H18N4O4S2.